The van der Waals surface area contributed by atoms with Crippen LogP contribution in [0.5, 0.6) is 0 Å². The van der Waals surface area contributed by atoms with Gasteiger partial charge in [0.15, 0.2) is 0 Å². The molecule has 0 atom stereocenters. The number of rotatable bonds is 0. The summed E-state index contributed by atoms with van der Waals surface area (Å²) in [6, 6.07) is -0.597. The number of carbonyl (C=O) groups is 2. The first-order chi connectivity index (χ1) is 4.20. The van der Waals surface area contributed by atoms with E-state index in [1.807, 2.05) is 5.32 Å². The van der Waals surface area contributed by atoms with Crippen molar-refractivity contribution in [2.24, 2.45) is 0 Å². The Kier molecular flexibility index (Phi) is 1.70. The maximum absolute atomic E-state index is 10.5. The van der Waals surface area contributed by atoms with Crippen molar-refractivity contribution in [2.45, 2.75) is 0 Å². The molecule has 1 radical (unpaired) electrons. The van der Waals surface area contributed by atoms with Gasteiger partial charge in [-0.15, -0.1) is 0 Å². The molecular weight excluding hydrogens is 235 g/mol. The molecule has 0 aromatic carbocycles. The molecule has 4 nitrogen and oxygen atoms in total. The zero-order valence-corrected chi connectivity index (χ0v) is 6.38. The lowest BCUT2D eigenvalue weighted by molar-refractivity contribution is -0.115. The van der Waals surface area contributed by atoms with E-state index in [4.69, 9.17) is 0 Å². The van der Waals surface area contributed by atoms with Crippen LogP contribution in [0, 0.1) is 0 Å². The predicted octanol–water partition coefficient (Wildman–Crippen LogP) is 0.117. The van der Waals surface area contributed by atoms with Crippen LogP contribution in [0.1, 0.15) is 0 Å². The summed E-state index contributed by atoms with van der Waals surface area (Å²) in [5.41, 5.74) is 0. The Balaban J connectivity index is 2.79. The summed E-state index contributed by atoms with van der Waals surface area (Å²) >= 11 is 1.80. The first-order valence-electron chi connectivity index (χ1n) is 2.12. The monoisotopic (exact) mass is 237 g/mol. The van der Waals surface area contributed by atoms with E-state index in [9.17, 15) is 9.59 Å². The zero-order chi connectivity index (χ0) is 6.85. The van der Waals surface area contributed by atoms with Gasteiger partial charge < -0.3 is 0 Å². The molecule has 1 aliphatic heterocycles. The Morgan fingerprint density at radius 1 is 1.56 bits per heavy atom. The topological polar surface area (TPSA) is 60.3 Å². The van der Waals surface area contributed by atoms with E-state index in [1.54, 1.807) is 22.6 Å². The van der Waals surface area contributed by atoms with E-state index in [1.165, 1.54) is 6.20 Å². The Morgan fingerprint density at radius 3 is 2.67 bits per heavy atom. The van der Waals surface area contributed by atoms with E-state index in [0.717, 1.165) is 0 Å². The maximum Gasteiger partial charge on any atom is 0.347 e. The molecule has 1 rings (SSSR count). The molecule has 0 unspecified atom stereocenters. The first-order valence-corrected chi connectivity index (χ1v) is 3.20. The van der Waals surface area contributed by atoms with Gasteiger partial charge in [-0.1, -0.05) is 0 Å². The van der Waals surface area contributed by atoms with E-state index >= 15 is 0 Å². The van der Waals surface area contributed by atoms with Crippen molar-refractivity contribution in [1.29, 1.82) is 0 Å². The third-order valence-electron chi connectivity index (χ3n) is 0.733. The number of hydrogen-bond donors (Lipinski definition) is 1. The number of nitrogens with one attached hydrogen (secondary N) is 1. The molecule has 0 bridgehead atoms. The highest BCUT2D eigenvalue weighted by Gasteiger charge is 2.15. The van der Waals surface area contributed by atoms with Crippen LogP contribution in [-0.2, 0) is 4.79 Å². The van der Waals surface area contributed by atoms with Gasteiger partial charge in [0.1, 0.15) is 0 Å². The fraction of sp³-hybridized carbons (Fsp3) is 0. The second-order valence-electron chi connectivity index (χ2n) is 1.37. The summed E-state index contributed by atoms with van der Waals surface area (Å²) < 4.78 is 0.423. The molecule has 5 heteroatoms. The largest absolute Gasteiger partial charge is 0.347 e. The molecule has 0 aromatic rings. The third kappa shape index (κ3) is 1.41. The Hall–Kier alpha value is -0.590. The SMILES string of the molecule is O=C1[N]C=C(I)C(=O)N1. The van der Waals surface area contributed by atoms with Crippen LogP contribution in [0.15, 0.2) is 9.78 Å². The molecule has 1 aliphatic rings. The van der Waals surface area contributed by atoms with Gasteiger partial charge in [0.25, 0.3) is 5.91 Å². The molecular formula is C4H2IN2O2. The van der Waals surface area contributed by atoms with Crippen LogP contribution in [-0.4, -0.2) is 11.9 Å². The summed E-state index contributed by atoms with van der Waals surface area (Å²) in [4.78, 5) is 20.8. The number of hydrogen-bond acceptors (Lipinski definition) is 2. The highest BCUT2D eigenvalue weighted by molar-refractivity contribution is 14.1. The lowest BCUT2D eigenvalue weighted by Gasteiger charge is -2.05. The average molecular weight is 237 g/mol. The molecule has 0 spiro atoms. The van der Waals surface area contributed by atoms with Gasteiger partial charge in [-0.25, -0.2) is 10.1 Å². The minimum Gasteiger partial charge on any atom is -0.272 e. The quantitative estimate of drug-likeness (QED) is 0.608. The van der Waals surface area contributed by atoms with Gasteiger partial charge in [-0.2, -0.15) is 0 Å². The van der Waals surface area contributed by atoms with Gasteiger partial charge in [-0.05, 0) is 22.6 Å². The molecule has 1 heterocycles. The number of urea groups is 1. The van der Waals surface area contributed by atoms with Crippen molar-refractivity contribution < 1.29 is 9.59 Å². The summed E-state index contributed by atoms with van der Waals surface area (Å²) in [5.74, 6) is -0.379. The van der Waals surface area contributed by atoms with Gasteiger partial charge in [0.05, 0.1) is 9.78 Å². The van der Waals surface area contributed by atoms with Gasteiger partial charge in [0.2, 0.25) is 0 Å². The van der Waals surface area contributed by atoms with Gasteiger partial charge in [-0.3, -0.25) is 10.1 Å². The first kappa shape index (κ1) is 6.53. The summed E-state index contributed by atoms with van der Waals surface area (Å²) in [7, 11) is 0. The van der Waals surface area contributed by atoms with E-state index < -0.39 is 6.03 Å². The van der Waals surface area contributed by atoms with Crippen LogP contribution in [0.2, 0.25) is 0 Å². The van der Waals surface area contributed by atoms with Gasteiger partial charge >= 0.3 is 6.03 Å². The van der Waals surface area contributed by atoms with Crippen LogP contribution < -0.4 is 10.6 Å². The van der Waals surface area contributed by atoms with Crippen LogP contribution in [0.25, 0.3) is 0 Å². The molecule has 0 saturated carbocycles. The number of imide groups is 1. The molecule has 9 heavy (non-hydrogen) atoms. The van der Waals surface area contributed by atoms with E-state index in [-0.39, 0.29) is 5.91 Å². The third-order valence-corrected chi connectivity index (χ3v) is 1.50. The van der Waals surface area contributed by atoms with Crippen molar-refractivity contribution in [2.75, 3.05) is 0 Å². The number of halogens is 1. The number of amides is 3. The summed E-state index contributed by atoms with van der Waals surface area (Å²) in [6.07, 6.45) is 1.24. The van der Waals surface area contributed by atoms with Crippen LogP contribution >= 0.6 is 22.6 Å². The highest BCUT2D eigenvalue weighted by Crippen LogP contribution is 2.06. The van der Waals surface area contributed by atoms with E-state index in [0.29, 0.717) is 3.58 Å². The normalized spacial score (nSPS) is 18.1. The lowest BCUT2D eigenvalue weighted by atomic mass is 10.5. The average Bonchev–Trinajstić information content (AvgIpc) is 1.80. The standard InChI is InChI=1S/C4H2IN2O2/c5-2-1-6-4(9)7-3(2)8/h1H,(H,7,8,9). The molecule has 0 fully saturated rings. The molecule has 1 N–H and O–H groups in total. The van der Waals surface area contributed by atoms with Crippen molar-refractivity contribution in [3.63, 3.8) is 0 Å². The Labute approximate surface area is 64.8 Å². The second kappa shape index (κ2) is 2.34. The molecule has 47 valence electrons. The van der Waals surface area contributed by atoms with Crippen molar-refractivity contribution in [1.82, 2.24) is 10.6 Å². The molecule has 3 amide bonds. The van der Waals surface area contributed by atoms with Crippen molar-refractivity contribution in [3.05, 3.63) is 9.78 Å². The molecule has 0 aliphatic carbocycles. The van der Waals surface area contributed by atoms with Crippen molar-refractivity contribution in [3.8, 4) is 0 Å². The second-order valence-corrected chi connectivity index (χ2v) is 2.53. The lowest BCUT2D eigenvalue weighted by Crippen LogP contribution is -2.37. The van der Waals surface area contributed by atoms with E-state index in [2.05, 4.69) is 5.32 Å². The molecule has 0 saturated heterocycles. The minimum absolute atomic E-state index is 0.379. The summed E-state index contributed by atoms with van der Waals surface area (Å²) in [6.45, 7) is 0. The predicted molar refractivity (Wildman–Crippen MR) is 37.8 cm³/mol. The number of nitrogens with zero attached hydrogens (tertiary/aromatic N) is 1. The maximum atomic E-state index is 10.5. The van der Waals surface area contributed by atoms with Crippen molar-refractivity contribution >= 4 is 34.5 Å². The fourth-order valence-corrected chi connectivity index (χ4v) is 0.637. The fourth-order valence-electron chi connectivity index (χ4n) is 0.363. The number of carbonyl (C=O) groups excluding carboxylic acids is 2. The van der Waals surface area contributed by atoms with Crippen LogP contribution in [0.4, 0.5) is 4.79 Å². The van der Waals surface area contributed by atoms with Crippen LogP contribution in [0.3, 0.4) is 0 Å². The zero-order valence-electron chi connectivity index (χ0n) is 4.22. The Morgan fingerprint density at radius 2 is 2.22 bits per heavy atom. The highest BCUT2D eigenvalue weighted by atomic mass is 127. The smallest absolute Gasteiger partial charge is 0.272 e. The summed E-state index contributed by atoms with van der Waals surface area (Å²) in [5, 5.41) is 5.33. The molecule has 0 aromatic heterocycles. The minimum atomic E-state index is -0.597. The Bertz CT molecular complexity index is 199. The van der Waals surface area contributed by atoms with Gasteiger partial charge in [0, 0.05) is 0 Å².